The fraction of sp³-hybridized carbons (Fsp3) is 0.444. The van der Waals surface area contributed by atoms with E-state index in [1.54, 1.807) is 35.2 Å². The van der Waals surface area contributed by atoms with Gasteiger partial charge in [-0.2, -0.15) is 0 Å². The van der Waals surface area contributed by atoms with Gasteiger partial charge >= 0.3 is 12.2 Å². The second kappa shape index (κ2) is 11.4. The van der Waals surface area contributed by atoms with Crippen molar-refractivity contribution in [3.63, 3.8) is 0 Å². The number of carbonyl (C=O) groups excluding carboxylic acids is 3. The summed E-state index contributed by atoms with van der Waals surface area (Å²) >= 11 is 0. The summed E-state index contributed by atoms with van der Waals surface area (Å²) in [6.07, 6.45) is -0.719. The first-order valence-electron chi connectivity index (χ1n) is 12.0. The Balaban J connectivity index is 1.89. The van der Waals surface area contributed by atoms with Crippen molar-refractivity contribution in [2.45, 2.75) is 51.4 Å². The Morgan fingerprint density at radius 3 is 2.00 bits per heavy atom. The van der Waals surface area contributed by atoms with Crippen LogP contribution in [0.3, 0.4) is 0 Å². The minimum absolute atomic E-state index is 0.184. The van der Waals surface area contributed by atoms with E-state index >= 15 is 0 Å². The number of likely N-dealkylation sites (tertiary alicyclic amines) is 1. The Morgan fingerprint density at radius 2 is 1.47 bits per heavy atom. The van der Waals surface area contributed by atoms with Gasteiger partial charge in [0.05, 0.1) is 12.3 Å². The molecule has 9 heteroatoms. The molecular formula is C27H35N3O6. The Labute approximate surface area is 212 Å². The summed E-state index contributed by atoms with van der Waals surface area (Å²) < 4.78 is 11.8. The standard InChI is InChI=1S/C27H35N3O6/c1-26(2,3)35-25(33)29-18-16-27(17-19-29,34-20-21-12-8-6-9-13-21)23(31)30(36-24(32)28(4)5)22-14-10-7-11-15-22/h6-15H,16-20H2,1-5H3. The number of ether oxygens (including phenoxy) is 2. The van der Waals surface area contributed by atoms with Crippen LogP contribution in [0.4, 0.5) is 15.3 Å². The Morgan fingerprint density at radius 1 is 0.917 bits per heavy atom. The number of hydrogen-bond acceptors (Lipinski definition) is 6. The van der Waals surface area contributed by atoms with Crippen molar-refractivity contribution in [1.82, 2.24) is 9.80 Å². The Hall–Kier alpha value is -3.59. The highest BCUT2D eigenvalue weighted by Gasteiger charge is 2.48. The molecule has 0 unspecified atom stereocenters. The van der Waals surface area contributed by atoms with E-state index < -0.39 is 29.3 Å². The van der Waals surface area contributed by atoms with Crippen LogP contribution in [0.1, 0.15) is 39.2 Å². The van der Waals surface area contributed by atoms with Gasteiger partial charge in [-0.1, -0.05) is 48.5 Å². The van der Waals surface area contributed by atoms with Crippen molar-refractivity contribution in [3.8, 4) is 0 Å². The average molecular weight is 498 g/mol. The predicted molar refractivity (Wildman–Crippen MR) is 135 cm³/mol. The van der Waals surface area contributed by atoms with Crippen LogP contribution in [0.15, 0.2) is 60.7 Å². The maximum atomic E-state index is 14.1. The van der Waals surface area contributed by atoms with E-state index in [2.05, 4.69) is 0 Å². The molecule has 1 aliphatic heterocycles. The van der Waals surface area contributed by atoms with E-state index in [9.17, 15) is 14.4 Å². The Kier molecular flexibility index (Phi) is 8.57. The van der Waals surface area contributed by atoms with Gasteiger partial charge in [-0.05, 0) is 38.5 Å². The first kappa shape index (κ1) is 27.0. The molecule has 1 aliphatic rings. The zero-order chi connectivity index (χ0) is 26.3. The number of benzene rings is 2. The van der Waals surface area contributed by atoms with E-state index in [4.69, 9.17) is 14.3 Å². The van der Waals surface area contributed by atoms with E-state index in [-0.39, 0.29) is 32.5 Å². The number of hydroxylamine groups is 1. The van der Waals surface area contributed by atoms with Crippen molar-refractivity contribution in [2.24, 2.45) is 0 Å². The molecule has 1 fully saturated rings. The highest BCUT2D eigenvalue weighted by molar-refractivity contribution is 5.99. The lowest BCUT2D eigenvalue weighted by molar-refractivity contribution is -0.159. The lowest BCUT2D eigenvalue weighted by Crippen LogP contribution is -2.58. The monoisotopic (exact) mass is 497 g/mol. The van der Waals surface area contributed by atoms with Gasteiger partial charge in [0.1, 0.15) is 5.60 Å². The molecular weight excluding hydrogens is 462 g/mol. The first-order valence-corrected chi connectivity index (χ1v) is 12.0. The number of hydrogen-bond donors (Lipinski definition) is 0. The number of anilines is 1. The molecule has 3 rings (SSSR count). The first-order chi connectivity index (χ1) is 17.0. The SMILES string of the molecule is CN(C)C(=O)ON(C(=O)C1(OCc2ccccc2)CCN(C(=O)OC(C)(C)C)CC1)c1ccccc1. The van der Waals surface area contributed by atoms with E-state index in [1.807, 2.05) is 51.1 Å². The quantitative estimate of drug-likeness (QED) is 0.560. The smallest absolute Gasteiger partial charge is 0.434 e. The van der Waals surface area contributed by atoms with Crippen molar-refractivity contribution in [1.29, 1.82) is 0 Å². The lowest BCUT2D eigenvalue weighted by Gasteiger charge is -2.42. The topological polar surface area (TPSA) is 88.6 Å². The third-order valence-electron chi connectivity index (χ3n) is 5.68. The molecule has 1 heterocycles. The van der Waals surface area contributed by atoms with Crippen molar-refractivity contribution in [3.05, 3.63) is 66.2 Å². The highest BCUT2D eigenvalue weighted by atomic mass is 16.7. The number of para-hydroxylation sites is 1. The maximum absolute atomic E-state index is 14.1. The second-order valence-electron chi connectivity index (χ2n) is 9.92. The summed E-state index contributed by atoms with van der Waals surface area (Å²) in [4.78, 5) is 47.5. The van der Waals surface area contributed by atoms with Crippen LogP contribution in [0.25, 0.3) is 0 Å². The molecule has 0 aliphatic carbocycles. The third-order valence-corrected chi connectivity index (χ3v) is 5.68. The molecule has 3 amide bonds. The van der Waals surface area contributed by atoms with Gasteiger partial charge in [-0.3, -0.25) is 4.79 Å². The summed E-state index contributed by atoms with van der Waals surface area (Å²) in [6, 6.07) is 18.2. The molecule has 0 bridgehead atoms. The molecule has 0 radical (unpaired) electrons. The number of amides is 3. The molecule has 2 aromatic rings. The maximum Gasteiger partial charge on any atom is 0.434 e. The van der Waals surface area contributed by atoms with Gasteiger partial charge < -0.3 is 24.1 Å². The number of rotatable bonds is 5. The predicted octanol–water partition coefficient (Wildman–Crippen LogP) is 4.62. The summed E-state index contributed by atoms with van der Waals surface area (Å²) in [7, 11) is 3.08. The van der Waals surface area contributed by atoms with Crippen LogP contribution < -0.4 is 5.06 Å². The van der Waals surface area contributed by atoms with Crippen LogP contribution >= 0.6 is 0 Å². The van der Waals surface area contributed by atoms with Crippen molar-refractivity contribution < 1.29 is 28.7 Å². The van der Waals surface area contributed by atoms with Gasteiger partial charge in [0.25, 0.3) is 5.91 Å². The molecule has 0 spiro atoms. The number of nitrogens with zero attached hydrogens (tertiary/aromatic N) is 3. The molecule has 194 valence electrons. The second-order valence-corrected chi connectivity index (χ2v) is 9.92. The minimum Gasteiger partial charge on any atom is -0.444 e. The minimum atomic E-state index is -1.32. The third kappa shape index (κ3) is 6.97. The summed E-state index contributed by atoms with van der Waals surface area (Å²) in [5.41, 5.74) is -0.655. The van der Waals surface area contributed by atoms with E-state index in [1.165, 1.54) is 19.0 Å². The van der Waals surface area contributed by atoms with Gasteiger partial charge in [0, 0.05) is 40.0 Å². The molecule has 2 aromatic carbocycles. The van der Waals surface area contributed by atoms with Crippen molar-refractivity contribution >= 4 is 23.8 Å². The van der Waals surface area contributed by atoms with Crippen LogP contribution in [-0.4, -0.2) is 66.3 Å². The zero-order valence-corrected chi connectivity index (χ0v) is 21.6. The summed E-state index contributed by atoms with van der Waals surface area (Å²) in [5, 5.41) is 0.996. The fourth-order valence-electron chi connectivity index (χ4n) is 3.71. The molecule has 0 aromatic heterocycles. The normalized spacial score (nSPS) is 15.1. The summed E-state index contributed by atoms with van der Waals surface area (Å²) in [6.45, 7) is 6.11. The number of piperidine rings is 1. The number of carbonyl (C=O) groups is 3. The molecule has 9 nitrogen and oxygen atoms in total. The summed E-state index contributed by atoms with van der Waals surface area (Å²) in [5.74, 6) is -0.510. The largest absolute Gasteiger partial charge is 0.444 e. The van der Waals surface area contributed by atoms with Gasteiger partial charge in [-0.25, -0.2) is 9.59 Å². The van der Waals surface area contributed by atoms with Gasteiger partial charge in [0.2, 0.25) is 0 Å². The highest BCUT2D eigenvalue weighted by Crippen LogP contribution is 2.33. The Bertz CT molecular complexity index is 1030. The average Bonchev–Trinajstić information content (AvgIpc) is 2.86. The van der Waals surface area contributed by atoms with E-state index in [0.29, 0.717) is 5.69 Å². The molecule has 0 saturated carbocycles. The van der Waals surface area contributed by atoms with Crippen LogP contribution in [0, 0.1) is 0 Å². The van der Waals surface area contributed by atoms with E-state index in [0.717, 1.165) is 10.6 Å². The lowest BCUT2D eigenvalue weighted by atomic mass is 9.89. The van der Waals surface area contributed by atoms with Crippen LogP contribution in [0.5, 0.6) is 0 Å². The zero-order valence-electron chi connectivity index (χ0n) is 21.6. The molecule has 0 N–H and O–H groups in total. The molecule has 36 heavy (non-hydrogen) atoms. The van der Waals surface area contributed by atoms with Crippen LogP contribution in [-0.2, 0) is 25.7 Å². The molecule has 1 saturated heterocycles. The molecule has 0 atom stereocenters. The van der Waals surface area contributed by atoms with Crippen molar-refractivity contribution in [2.75, 3.05) is 32.2 Å². The van der Waals surface area contributed by atoms with Gasteiger partial charge in [-0.15, -0.1) is 5.06 Å². The fourth-order valence-corrected chi connectivity index (χ4v) is 3.71. The van der Waals surface area contributed by atoms with Gasteiger partial charge in [0.15, 0.2) is 5.60 Å². The van der Waals surface area contributed by atoms with Crippen LogP contribution in [0.2, 0.25) is 0 Å².